The first-order valence-corrected chi connectivity index (χ1v) is 13.4. The second-order valence-corrected chi connectivity index (χ2v) is 10.6. The first-order valence-electron chi connectivity index (χ1n) is 12.1. The van der Waals surface area contributed by atoms with E-state index in [1.807, 2.05) is 10.3 Å². The third-order valence-corrected chi connectivity index (χ3v) is 7.82. The predicted molar refractivity (Wildman–Crippen MR) is 141 cm³/mol. The fourth-order valence-electron chi connectivity index (χ4n) is 4.33. The number of carbonyl (C=O) groups is 2. The van der Waals surface area contributed by atoms with Crippen LogP contribution in [0.15, 0.2) is 60.0 Å². The van der Waals surface area contributed by atoms with Crippen molar-refractivity contribution in [2.24, 2.45) is 5.92 Å². The molecule has 0 saturated heterocycles. The zero-order valence-corrected chi connectivity index (χ0v) is 22.0. The standard InChI is InChI=1S/C28H30ClFN2O3S/c1-3-19(2)16-31(28(34)20-4-8-22(30)9-5-20)17-27(33)32-14-12-26-24(13-15-36-26)25(32)18-35-23-10-6-21(29)7-11-23/h4-11,13,15,19,25H,3,12,14,16-18H2,1-2H3/t19-,25-/m1/s1. The number of hydrogen-bond acceptors (Lipinski definition) is 4. The number of thiophene rings is 1. The Bertz CT molecular complexity index is 1180. The van der Waals surface area contributed by atoms with Crippen molar-refractivity contribution in [3.8, 4) is 5.75 Å². The van der Waals surface area contributed by atoms with Crippen molar-refractivity contribution in [2.75, 3.05) is 26.2 Å². The van der Waals surface area contributed by atoms with E-state index >= 15 is 0 Å². The summed E-state index contributed by atoms with van der Waals surface area (Å²) in [7, 11) is 0. The summed E-state index contributed by atoms with van der Waals surface area (Å²) in [4.78, 5) is 31.6. The molecular formula is C28H30ClFN2O3S. The molecule has 0 fully saturated rings. The molecule has 2 aromatic carbocycles. The maximum Gasteiger partial charge on any atom is 0.254 e. The van der Waals surface area contributed by atoms with E-state index in [9.17, 15) is 14.0 Å². The van der Waals surface area contributed by atoms with E-state index in [0.717, 1.165) is 18.4 Å². The molecule has 36 heavy (non-hydrogen) atoms. The first-order chi connectivity index (χ1) is 17.4. The van der Waals surface area contributed by atoms with Gasteiger partial charge < -0.3 is 14.5 Å². The quantitative estimate of drug-likeness (QED) is 0.330. The molecule has 2 atom stereocenters. The Morgan fingerprint density at radius 3 is 2.58 bits per heavy atom. The minimum absolute atomic E-state index is 0.0442. The lowest BCUT2D eigenvalue weighted by atomic mass is 10.00. The van der Waals surface area contributed by atoms with E-state index in [-0.39, 0.29) is 30.3 Å². The van der Waals surface area contributed by atoms with E-state index in [0.29, 0.717) is 36.0 Å². The molecule has 2 amide bonds. The summed E-state index contributed by atoms with van der Waals surface area (Å²) in [5, 5.41) is 2.67. The lowest BCUT2D eigenvalue weighted by molar-refractivity contribution is -0.135. The maximum atomic E-state index is 13.7. The monoisotopic (exact) mass is 528 g/mol. The normalized spacial score (nSPS) is 15.8. The topological polar surface area (TPSA) is 49.9 Å². The number of ether oxygens (including phenoxy) is 1. The molecule has 0 aliphatic carbocycles. The third kappa shape index (κ3) is 6.26. The number of carbonyl (C=O) groups excluding carboxylic acids is 2. The van der Waals surface area contributed by atoms with Gasteiger partial charge in [-0.2, -0.15) is 0 Å². The van der Waals surface area contributed by atoms with Crippen molar-refractivity contribution < 1.29 is 18.7 Å². The largest absolute Gasteiger partial charge is 0.491 e. The van der Waals surface area contributed by atoms with Crippen molar-refractivity contribution in [3.63, 3.8) is 0 Å². The number of amides is 2. The average molecular weight is 529 g/mol. The van der Waals surface area contributed by atoms with Crippen LogP contribution in [0.25, 0.3) is 0 Å². The van der Waals surface area contributed by atoms with Crippen LogP contribution >= 0.6 is 22.9 Å². The zero-order valence-electron chi connectivity index (χ0n) is 20.5. The Balaban J connectivity index is 1.53. The fourth-order valence-corrected chi connectivity index (χ4v) is 5.39. The summed E-state index contributed by atoms with van der Waals surface area (Å²) in [6, 6.07) is 14.4. The summed E-state index contributed by atoms with van der Waals surface area (Å²) in [5.74, 6) is 0.0933. The van der Waals surface area contributed by atoms with E-state index in [2.05, 4.69) is 19.9 Å². The van der Waals surface area contributed by atoms with E-state index in [4.69, 9.17) is 16.3 Å². The van der Waals surface area contributed by atoms with Gasteiger partial charge in [0.25, 0.3) is 5.91 Å². The molecule has 5 nitrogen and oxygen atoms in total. The van der Waals surface area contributed by atoms with Gasteiger partial charge >= 0.3 is 0 Å². The number of halogens is 2. The van der Waals surface area contributed by atoms with Crippen LogP contribution in [-0.4, -0.2) is 47.9 Å². The molecule has 0 saturated carbocycles. The SMILES string of the molecule is CC[C@@H](C)CN(CC(=O)N1CCc2sccc2[C@H]1COc1ccc(Cl)cc1)C(=O)c1ccc(F)cc1. The number of benzene rings is 2. The van der Waals surface area contributed by atoms with Gasteiger partial charge in [-0.3, -0.25) is 9.59 Å². The summed E-state index contributed by atoms with van der Waals surface area (Å²) in [5.41, 5.74) is 1.46. The third-order valence-electron chi connectivity index (χ3n) is 6.57. The van der Waals surface area contributed by atoms with Crippen LogP contribution in [0.3, 0.4) is 0 Å². The van der Waals surface area contributed by atoms with Gasteiger partial charge in [0.2, 0.25) is 5.91 Å². The van der Waals surface area contributed by atoms with Crippen molar-refractivity contribution in [1.29, 1.82) is 0 Å². The molecule has 0 spiro atoms. The summed E-state index contributed by atoms with van der Waals surface area (Å²) in [6.07, 6.45) is 1.65. The highest BCUT2D eigenvalue weighted by Gasteiger charge is 2.34. The average Bonchev–Trinajstić information content (AvgIpc) is 3.37. The van der Waals surface area contributed by atoms with Crippen LogP contribution in [0.1, 0.15) is 47.1 Å². The minimum Gasteiger partial charge on any atom is -0.491 e. The van der Waals surface area contributed by atoms with E-state index in [1.54, 1.807) is 40.5 Å². The van der Waals surface area contributed by atoms with Gasteiger partial charge in [0, 0.05) is 28.6 Å². The second kappa shape index (κ2) is 11.9. The summed E-state index contributed by atoms with van der Waals surface area (Å²) in [6.45, 7) is 5.37. The Labute approximate surface area is 220 Å². The van der Waals surface area contributed by atoms with Gasteiger partial charge in [0.15, 0.2) is 0 Å². The lowest BCUT2D eigenvalue weighted by Crippen LogP contribution is -2.48. The van der Waals surface area contributed by atoms with Gasteiger partial charge in [-0.05, 0) is 77.9 Å². The molecular weight excluding hydrogens is 499 g/mol. The number of nitrogens with zero attached hydrogens (tertiary/aromatic N) is 2. The maximum absolute atomic E-state index is 13.7. The van der Waals surface area contributed by atoms with Crippen LogP contribution in [0.2, 0.25) is 5.02 Å². The summed E-state index contributed by atoms with van der Waals surface area (Å²) < 4.78 is 19.5. The molecule has 0 radical (unpaired) electrons. The predicted octanol–water partition coefficient (Wildman–Crippen LogP) is 6.23. The van der Waals surface area contributed by atoms with Crippen LogP contribution in [0.4, 0.5) is 4.39 Å². The van der Waals surface area contributed by atoms with Crippen LogP contribution in [0, 0.1) is 11.7 Å². The van der Waals surface area contributed by atoms with Crippen LogP contribution in [0.5, 0.6) is 5.75 Å². The molecule has 0 unspecified atom stereocenters. The fraction of sp³-hybridized carbons (Fsp3) is 0.357. The zero-order chi connectivity index (χ0) is 25.7. The van der Waals surface area contributed by atoms with Gasteiger partial charge in [-0.25, -0.2) is 4.39 Å². The van der Waals surface area contributed by atoms with Gasteiger partial charge in [0.05, 0.1) is 6.04 Å². The Kier molecular flexibility index (Phi) is 8.64. The van der Waals surface area contributed by atoms with Crippen LogP contribution in [-0.2, 0) is 11.2 Å². The number of fused-ring (bicyclic) bond motifs is 1. The molecule has 0 bridgehead atoms. The molecule has 3 aromatic rings. The van der Waals surface area contributed by atoms with Gasteiger partial charge in [0.1, 0.15) is 24.7 Å². The second-order valence-electron chi connectivity index (χ2n) is 9.12. The highest BCUT2D eigenvalue weighted by atomic mass is 35.5. The molecule has 8 heteroatoms. The van der Waals surface area contributed by atoms with Crippen molar-refractivity contribution in [1.82, 2.24) is 9.80 Å². The van der Waals surface area contributed by atoms with Gasteiger partial charge in [-0.1, -0.05) is 31.9 Å². The van der Waals surface area contributed by atoms with Gasteiger partial charge in [-0.15, -0.1) is 11.3 Å². The molecule has 190 valence electrons. The van der Waals surface area contributed by atoms with Crippen molar-refractivity contribution in [2.45, 2.75) is 32.7 Å². The Hall–Kier alpha value is -2.90. The van der Waals surface area contributed by atoms with Crippen LogP contribution < -0.4 is 4.74 Å². The highest BCUT2D eigenvalue weighted by Crippen LogP contribution is 2.34. The smallest absolute Gasteiger partial charge is 0.254 e. The van der Waals surface area contributed by atoms with Crippen molar-refractivity contribution in [3.05, 3.63) is 86.8 Å². The molecule has 1 aliphatic rings. The minimum atomic E-state index is -0.403. The summed E-state index contributed by atoms with van der Waals surface area (Å²) >= 11 is 7.68. The Morgan fingerprint density at radius 1 is 1.17 bits per heavy atom. The molecule has 2 heterocycles. The molecule has 1 aromatic heterocycles. The highest BCUT2D eigenvalue weighted by molar-refractivity contribution is 7.10. The number of hydrogen-bond donors (Lipinski definition) is 0. The van der Waals surface area contributed by atoms with E-state index in [1.165, 1.54) is 29.1 Å². The first kappa shape index (κ1) is 26.2. The van der Waals surface area contributed by atoms with Crippen molar-refractivity contribution >= 4 is 34.8 Å². The number of rotatable bonds is 9. The molecule has 1 aliphatic heterocycles. The molecule has 4 rings (SSSR count). The lowest BCUT2D eigenvalue weighted by Gasteiger charge is -2.37. The van der Waals surface area contributed by atoms with E-state index < -0.39 is 5.82 Å². The Morgan fingerprint density at radius 2 is 1.89 bits per heavy atom. The molecule has 0 N–H and O–H groups in total.